The maximum atomic E-state index is 12.5. The van der Waals surface area contributed by atoms with Crippen LogP contribution >= 0.6 is 0 Å². The lowest BCUT2D eigenvalue weighted by atomic mass is 10.1. The fourth-order valence-corrected chi connectivity index (χ4v) is 2.84. The van der Waals surface area contributed by atoms with Gasteiger partial charge in [-0.25, -0.2) is 0 Å². The first-order valence-electron chi connectivity index (χ1n) is 9.55. The van der Waals surface area contributed by atoms with E-state index in [4.69, 9.17) is 9.47 Å². The monoisotopic (exact) mass is 391 g/mol. The topological polar surface area (TPSA) is 72.5 Å². The molecule has 0 radical (unpaired) electrons. The van der Waals surface area contributed by atoms with Crippen molar-refractivity contribution >= 4 is 17.3 Å². The van der Waals surface area contributed by atoms with Gasteiger partial charge < -0.3 is 20.1 Å². The second-order valence-electron chi connectivity index (χ2n) is 6.37. The van der Waals surface area contributed by atoms with Crippen LogP contribution in [0.4, 0.5) is 11.4 Å². The van der Waals surface area contributed by atoms with E-state index in [1.165, 1.54) is 5.56 Å². The Labute approximate surface area is 170 Å². The number of carbonyl (C=O) groups excluding carboxylic acids is 1. The van der Waals surface area contributed by atoms with Gasteiger partial charge in [-0.3, -0.25) is 9.78 Å². The van der Waals surface area contributed by atoms with Crippen molar-refractivity contribution in [2.75, 3.05) is 30.9 Å². The molecule has 0 aliphatic heterocycles. The van der Waals surface area contributed by atoms with Gasteiger partial charge in [-0.05, 0) is 67.4 Å². The van der Waals surface area contributed by atoms with Crippen LogP contribution in [0.25, 0.3) is 0 Å². The zero-order chi connectivity index (χ0) is 20.5. The maximum Gasteiger partial charge on any atom is 0.274 e. The minimum absolute atomic E-state index is 0.259. The summed E-state index contributed by atoms with van der Waals surface area (Å²) in [4.78, 5) is 16.7. The SMILES string of the molecule is CCOc1ccc(NC(=O)c2cc(NCCc3cccc(OC)c3)ccn2)cc1. The van der Waals surface area contributed by atoms with Gasteiger partial charge in [0.1, 0.15) is 17.2 Å². The van der Waals surface area contributed by atoms with Gasteiger partial charge in [-0.2, -0.15) is 0 Å². The lowest BCUT2D eigenvalue weighted by Crippen LogP contribution is -2.14. The summed E-state index contributed by atoms with van der Waals surface area (Å²) in [5, 5.41) is 6.18. The number of ether oxygens (including phenoxy) is 2. The summed E-state index contributed by atoms with van der Waals surface area (Å²) in [5.74, 6) is 1.36. The first kappa shape index (κ1) is 20.2. The third-order valence-electron chi connectivity index (χ3n) is 4.29. The van der Waals surface area contributed by atoms with Crippen LogP contribution in [0.15, 0.2) is 66.9 Å². The van der Waals surface area contributed by atoms with Gasteiger partial charge in [0.05, 0.1) is 13.7 Å². The molecule has 0 spiro atoms. The minimum Gasteiger partial charge on any atom is -0.497 e. The normalized spacial score (nSPS) is 10.3. The van der Waals surface area contributed by atoms with Crippen LogP contribution < -0.4 is 20.1 Å². The average molecular weight is 391 g/mol. The molecule has 6 heteroatoms. The third kappa shape index (κ3) is 5.97. The van der Waals surface area contributed by atoms with Crippen molar-refractivity contribution in [2.45, 2.75) is 13.3 Å². The molecule has 3 rings (SSSR count). The Kier molecular flexibility index (Phi) is 7.05. The maximum absolute atomic E-state index is 12.5. The lowest BCUT2D eigenvalue weighted by molar-refractivity contribution is 0.102. The summed E-state index contributed by atoms with van der Waals surface area (Å²) in [6.07, 6.45) is 2.47. The van der Waals surface area contributed by atoms with Crippen LogP contribution in [0.1, 0.15) is 23.0 Å². The largest absolute Gasteiger partial charge is 0.497 e. The smallest absolute Gasteiger partial charge is 0.274 e. The van der Waals surface area contributed by atoms with Crippen LogP contribution in [0.2, 0.25) is 0 Å². The van der Waals surface area contributed by atoms with Crippen LogP contribution in [0.3, 0.4) is 0 Å². The number of amides is 1. The summed E-state index contributed by atoms with van der Waals surface area (Å²) in [5.41, 5.74) is 3.07. The highest BCUT2D eigenvalue weighted by Gasteiger charge is 2.09. The molecule has 0 aliphatic rings. The van der Waals surface area contributed by atoms with Crippen LogP contribution in [-0.2, 0) is 6.42 Å². The number of carbonyl (C=O) groups is 1. The van der Waals surface area contributed by atoms with E-state index in [2.05, 4.69) is 21.7 Å². The molecule has 0 fully saturated rings. The van der Waals surface area contributed by atoms with Gasteiger partial charge in [0.25, 0.3) is 5.91 Å². The number of methoxy groups -OCH3 is 1. The van der Waals surface area contributed by atoms with Gasteiger partial charge in [-0.15, -0.1) is 0 Å². The molecular formula is C23H25N3O3. The number of hydrogen-bond acceptors (Lipinski definition) is 5. The van der Waals surface area contributed by atoms with Crippen LogP contribution in [-0.4, -0.2) is 31.2 Å². The molecule has 0 saturated heterocycles. The van der Waals surface area contributed by atoms with E-state index in [0.717, 1.165) is 30.2 Å². The van der Waals surface area contributed by atoms with Crippen molar-refractivity contribution in [1.82, 2.24) is 4.98 Å². The summed E-state index contributed by atoms with van der Waals surface area (Å²) in [6.45, 7) is 3.27. The number of pyridine rings is 1. The third-order valence-corrected chi connectivity index (χ3v) is 4.29. The number of hydrogen-bond donors (Lipinski definition) is 2. The quantitative estimate of drug-likeness (QED) is 0.566. The molecule has 150 valence electrons. The van der Waals surface area contributed by atoms with Gasteiger partial charge in [-0.1, -0.05) is 12.1 Å². The molecule has 0 unspecified atom stereocenters. The number of aromatic nitrogens is 1. The molecule has 6 nitrogen and oxygen atoms in total. The second-order valence-corrected chi connectivity index (χ2v) is 6.37. The van der Waals surface area contributed by atoms with Crippen molar-refractivity contribution in [3.05, 3.63) is 78.1 Å². The Morgan fingerprint density at radius 3 is 2.59 bits per heavy atom. The molecule has 29 heavy (non-hydrogen) atoms. The van der Waals surface area contributed by atoms with Crippen molar-refractivity contribution in [3.63, 3.8) is 0 Å². The van der Waals surface area contributed by atoms with Crippen LogP contribution in [0, 0.1) is 0 Å². The highest BCUT2D eigenvalue weighted by atomic mass is 16.5. The number of nitrogens with zero attached hydrogens (tertiary/aromatic N) is 1. The highest BCUT2D eigenvalue weighted by molar-refractivity contribution is 6.03. The van der Waals surface area contributed by atoms with Crippen molar-refractivity contribution in [1.29, 1.82) is 0 Å². The Bertz CT molecular complexity index is 942. The molecule has 2 aromatic carbocycles. The number of anilines is 2. The van der Waals surface area contributed by atoms with E-state index >= 15 is 0 Å². The molecule has 3 aromatic rings. The molecule has 0 aliphatic carbocycles. The van der Waals surface area contributed by atoms with E-state index in [9.17, 15) is 4.79 Å². The predicted molar refractivity (Wildman–Crippen MR) is 115 cm³/mol. The molecule has 1 heterocycles. The fourth-order valence-electron chi connectivity index (χ4n) is 2.84. The molecule has 0 atom stereocenters. The summed E-state index contributed by atoms with van der Waals surface area (Å²) in [7, 11) is 1.66. The minimum atomic E-state index is -0.259. The zero-order valence-corrected chi connectivity index (χ0v) is 16.6. The molecule has 0 bridgehead atoms. The molecule has 1 amide bonds. The standard InChI is InChI=1S/C23H25N3O3/c1-3-29-20-9-7-18(8-10-20)26-23(27)22-16-19(12-14-25-22)24-13-11-17-5-4-6-21(15-17)28-2/h4-10,12,14-16H,3,11,13H2,1-2H3,(H,24,25)(H,26,27). The zero-order valence-electron chi connectivity index (χ0n) is 16.6. The lowest BCUT2D eigenvalue weighted by Gasteiger charge is -2.10. The molecule has 2 N–H and O–H groups in total. The first-order chi connectivity index (χ1) is 14.2. The summed E-state index contributed by atoms with van der Waals surface area (Å²) < 4.78 is 10.7. The van der Waals surface area contributed by atoms with Gasteiger partial charge in [0.15, 0.2) is 0 Å². The van der Waals surface area contributed by atoms with Gasteiger partial charge in [0.2, 0.25) is 0 Å². The molecular weight excluding hydrogens is 366 g/mol. The Morgan fingerprint density at radius 1 is 1.00 bits per heavy atom. The number of rotatable bonds is 9. The Morgan fingerprint density at radius 2 is 1.83 bits per heavy atom. The van der Waals surface area contributed by atoms with Gasteiger partial charge in [0, 0.05) is 24.1 Å². The van der Waals surface area contributed by atoms with E-state index in [-0.39, 0.29) is 5.91 Å². The van der Waals surface area contributed by atoms with E-state index in [1.807, 2.05) is 43.3 Å². The molecule has 1 aromatic heterocycles. The number of benzene rings is 2. The fraction of sp³-hybridized carbons (Fsp3) is 0.217. The van der Waals surface area contributed by atoms with Crippen molar-refractivity contribution in [3.8, 4) is 11.5 Å². The second kappa shape index (κ2) is 10.1. The van der Waals surface area contributed by atoms with E-state index < -0.39 is 0 Å². The van der Waals surface area contributed by atoms with E-state index in [1.54, 1.807) is 31.5 Å². The van der Waals surface area contributed by atoms with E-state index in [0.29, 0.717) is 18.0 Å². The first-order valence-corrected chi connectivity index (χ1v) is 9.55. The Hall–Kier alpha value is -3.54. The van der Waals surface area contributed by atoms with Crippen molar-refractivity contribution in [2.24, 2.45) is 0 Å². The summed E-state index contributed by atoms with van der Waals surface area (Å²) in [6, 6.07) is 18.8. The van der Waals surface area contributed by atoms with Gasteiger partial charge >= 0.3 is 0 Å². The highest BCUT2D eigenvalue weighted by Crippen LogP contribution is 2.17. The molecule has 0 saturated carbocycles. The Balaban J connectivity index is 1.56. The number of nitrogens with one attached hydrogen (secondary N) is 2. The van der Waals surface area contributed by atoms with Crippen LogP contribution in [0.5, 0.6) is 11.5 Å². The summed E-state index contributed by atoms with van der Waals surface area (Å²) >= 11 is 0. The van der Waals surface area contributed by atoms with Crippen molar-refractivity contribution < 1.29 is 14.3 Å². The predicted octanol–water partition coefficient (Wildman–Crippen LogP) is 4.40. The average Bonchev–Trinajstić information content (AvgIpc) is 2.76.